The molecule has 1 amide bonds. The van der Waals surface area contributed by atoms with Gasteiger partial charge in [0.15, 0.2) is 0 Å². The Morgan fingerprint density at radius 2 is 2.00 bits per heavy atom. The van der Waals surface area contributed by atoms with Crippen molar-refractivity contribution in [3.8, 4) is 0 Å². The van der Waals surface area contributed by atoms with Crippen LogP contribution in [-0.2, 0) is 4.74 Å². The second kappa shape index (κ2) is 5.85. The summed E-state index contributed by atoms with van der Waals surface area (Å²) in [6.45, 7) is 5.46. The van der Waals surface area contributed by atoms with E-state index in [1.807, 2.05) is 39.0 Å². The number of rotatable bonds is 1. The molecule has 0 bridgehead atoms. The van der Waals surface area contributed by atoms with E-state index in [1.165, 1.54) is 0 Å². The van der Waals surface area contributed by atoms with Crippen molar-refractivity contribution in [1.29, 1.82) is 0 Å². The maximum atomic E-state index is 11.7. The molecule has 1 N–H and O–H groups in total. The number of nitrogens with zero attached hydrogens (tertiary/aromatic N) is 1. The maximum absolute atomic E-state index is 11.7. The zero-order valence-corrected chi connectivity index (χ0v) is 15.1. The summed E-state index contributed by atoms with van der Waals surface area (Å²) in [4.78, 5) is 15.9. The molecule has 1 heterocycles. The van der Waals surface area contributed by atoms with E-state index in [0.29, 0.717) is 5.82 Å². The highest BCUT2D eigenvalue weighted by molar-refractivity contribution is 14.1. The average molecular weight is 449 g/mol. The van der Waals surface area contributed by atoms with Crippen molar-refractivity contribution in [1.82, 2.24) is 4.98 Å². The van der Waals surface area contributed by atoms with Crippen LogP contribution >= 0.6 is 38.5 Å². The Morgan fingerprint density at radius 1 is 1.30 bits per heavy atom. The van der Waals surface area contributed by atoms with Crippen LogP contribution < -0.4 is 5.32 Å². The van der Waals surface area contributed by atoms with Crippen LogP contribution in [0.25, 0.3) is 10.8 Å². The first-order valence-electron chi connectivity index (χ1n) is 5.99. The molecule has 0 saturated heterocycles. The normalized spacial score (nSPS) is 11.4. The predicted octanol–water partition coefficient (Wildman–Crippen LogP) is 4.95. The molecule has 1 aromatic heterocycles. The lowest BCUT2D eigenvalue weighted by atomic mass is 10.2. The van der Waals surface area contributed by atoms with E-state index in [9.17, 15) is 4.79 Å². The highest BCUT2D eigenvalue weighted by atomic mass is 127. The first-order valence-corrected chi connectivity index (χ1v) is 7.86. The lowest BCUT2D eigenvalue weighted by Gasteiger charge is -2.19. The van der Waals surface area contributed by atoms with Gasteiger partial charge in [-0.25, -0.2) is 9.78 Å². The number of amides is 1. The smallest absolute Gasteiger partial charge is 0.413 e. The molecular weight excluding hydrogens is 435 g/mol. The van der Waals surface area contributed by atoms with Crippen molar-refractivity contribution in [2.75, 3.05) is 5.32 Å². The molecule has 0 aliphatic carbocycles. The Bertz CT molecular complexity index is 668. The third-order valence-electron chi connectivity index (χ3n) is 2.39. The van der Waals surface area contributed by atoms with E-state index >= 15 is 0 Å². The number of fused-ring (bicyclic) bond motifs is 1. The van der Waals surface area contributed by atoms with E-state index in [2.05, 4.69) is 48.8 Å². The van der Waals surface area contributed by atoms with Gasteiger partial charge in [-0.15, -0.1) is 0 Å². The summed E-state index contributed by atoms with van der Waals surface area (Å²) in [7, 11) is 0. The van der Waals surface area contributed by atoms with Gasteiger partial charge in [-0.3, -0.25) is 5.32 Å². The summed E-state index contributed by atoms with van der Waals surface area (Å²) >= 11 is 5.74. The first-order chi connectivity index (χ1) is 9.24. The lowest BCUT2D eigenvalue weighted by Crippen LogP contribution is -2.27. The summed E-state index contributed by atoms with van der Waals surface area (Å²) in [5.74, 6) is 0.472. The molecule has 2 aromatic rings. The third kappa shape index (κ3) is 4.05. The van der Waals surface area contributed by atoms with E-state index in [4.69, 9.17) is 4.74 Å². The summed E-state index contributed by atoms with van der Waals surface area (Å²) in [5, 5.41) is 4.65. The molecule has 0 radical (unpaired) electrons. The molecule has 20 heavy (non-hydrogen) atoms. The van der Waals surface area contributed by atoms with Gasteiger partial charge in [0, 0.05) is 19.6 Å². The van der Waals surface area contributed by atoms with E-state index in [1.54, 1.807) is 6.20 Å². The van der Waals surface area contributed by atoms with Crippen molar-refractivity contribution >= 4 is 61.2 Å². The molecule has 0 aliphatic rings. The summed E-state index contributed by atoms with van der Waals surface area (Å²) in [5.41, 5.74) is -0.528. The van der Waals surface area contributed by atoms with Gasteiger partial charge in [0.2, 0.25) is 0 Å². The fourth-order valence-electron chi connectivity index (χ4n) is 1.61. The highest BCUT2D eigenvalue weighted by Crippen LogP contribution is 2.26. The molecule has 0 unspecified atom stereocenters. The minimum absolute atomic E-state index is 0.472. The van der Waals surface area contributed by atoms with Crippen molar-refractivity contribution in [3.05, 3.63) is 32.4 Å². The lowest BCUT2D eigenvalue weighted by molar-refractivity contribution is 0.0635. The minimum Gasteiger partial charge on any atom is -0.444 e. The van der Waals surface area contributed by atoms with Gasteiger partial charge in [0.05, 0.1) is 0 Å². The Balaban J connectivity index is 2.24. The number of carbonyl (C=O) groups is 1. The molecule has 106 valence electrons. The van der Waals surface area contributed by atoms with Gasteiger partial charge in [0.1, 0.15) is 11.4 Å². The van der Waals surface area contributed by atoms with Gasteiger partial charge in [-0.2, -0.15) is 0 Å². The van der Waals surface area contributed by atoms with Crippen LogP contribution in [0.3, 0.4) is 0 Å². The van der Waals surface area contributed by atoms with Crippen LogP contribution in [0.4, 0.5) is 10.6 Å². The maximum Gasteiger partial charge on any atom is 0.413 e. The fraction of sp³-hybridized carbons (Fsp3) is 0.286. The number of benzene rings is 1. The fourth-order valence-corrected chi connectivity index (χ4v) is 2.47. The average Bonchev–Trinajstić information content (AvgIpc) is 2.28. The largest absolute Gasteiger partial charge is 0.444 e. The summed E-state index contributed by atoms with van der Waals surface area (Å²) < 4.78 is 7.33. The second-order valence-electron chi connectivity index (χ2n) is 5.31. The van der Waals surface area contributed by atoms with E-state index < -0.39 is 11.7 Å². The number of carbonyl (C=O) groups excluding carboxylic acids is 1. The molecule has 0 aliphatic heterocycles. The SMILES string of the molecule is CC(C)(C)OC(=O)Nc1cc2cc(Br)c(I)cc2cn1. The molecule has 0 atom stereocenters. The van der Waals surface area contributed by atoms with Crippen molar-refractivity contribution < 1.29 is 9.53 Å². The van der Waals surface area contributed by atoms with Crippen LogP contribution in [0.1, 0.15) is 20.8 Å². The molecule has 1 aromatic carbocycles. The summed E-state index contributed by atoms with van der Waals surface area (Å²) in [6.07, 6.45) is 1.23. The predicted molar refractivity (Wildman–Crippen MR) is 92.0 cm³/mol. The molecule has 2 rings (SSSR count). The standard InChI is InChI=1S/C14H14BrIN2O2/c1-14(2,3)20-13(19)18-12-6-8-4-10(15)11(16)5-9(8)7-17-12/h4-7H,1-3H3,(H,17,18,19). The zero-order chi connectivity index (χ0) is 14.9. The third-order valence-corrected chi connectivity index (χ3v) is 4.68. The number of anilines is 1. The number of ether oxygens (including phenoxy) is 1. The number of nitrogens with one attached hydrogen (secondary N) is 1. The van der Waals surface area contributed by atoms with Crippen molar-refractivity contribution in [3.63, 3.8) is 0 Å². The van der Waals surface area contributed by atoms with Crippen molar-refractivity contribution in [2.45, 2.75) is 26.4 Å². The molecule has 0 spiro atoms. The summed E-state index contributed by atoms with van der Waals surface area (Å²) in [6, 6.07) is 5.85. The number of pyridine rings is 1. The highest BCUT2D eigenvalue weighted by Gasteiger charge is 2.16. The van der Waals surface area contributed by atoms with Gasteiger partial charge in [-0.1, -0.05) is 0 Å². The molecule has 6 heteroatoms. The van der Waals surface area contributed by atoms with Crippen LogP contribution in [0.5, 0.6) is 0 Å². The number of hydrogen-bond acceptors (Lipinski definition) is 3. The van der Waals surface area contributed by atoms with Crippen molar-refractivity contribution in [2.24, 2.45) is 0 Å². The van der Waals surface area contributed by atoms with Crippen LogP contribution in [-0.4, -0.2) is 16.7 Å². The second-order valence-corrected chi connectivity index (χ2v) is 7.33. The molecule has 0 saturated carbocycles. The Morgan fingerprint density at radius 3 is 2.65 bits per heavy atom. The van der Waals surface area contributed by atoms with E-state index in [-0.39, 0.29) is 0 Å². The quantitative estimate of drug-likeness (QED) is 0.628. The zero-order valence-electron chi connectivity index (χ0n) is 11.3. The number of halogens is 2. The Labute approximate surface area is 139 Å². The molecule has 0 fully saturated rings. The van der Waals surface area contributed by atoms with Crippen LogP contribution in [0, 0.1) is 3.57 Å². The van der Waals surface area contributed by atoms with Gasteiger partial charge in [0.25, 0.3) is 0 Å². The number of hydrogen-bond donors (Lipinski definition) is 1. The van der Waals surface area contributed by atoms with Gasteiger partial charge >= 0.3 is 6.09 Å². The first kappa shape index (κ1) is 15.5. The Kier molecular flexibility index (Phi) is 4.53. The molecular formula is C14H14BrIN2O2. The monoisotopic (exact) mass is 448 g/mol. The van der Waals surface area contributed by atoms with E-state index in [0.717, 1.165) is 18.8 Å². The molecule has 4 nitrogen and oxygen atoms in total. The van der Waals surface area contributed by atoms with Crippen LogP contribution in [0.15, 0.2) is 28.9 Å². The van der Waals surface area contributed by atoms with Gasteiger partial charge < -0.3 is 4.74 Å². The van der Waals surface area contributed by atoms with Gasteiger partial charge in [-0.05, 0) is 82.9 Å². The minimum atomic E-state index is -0.528. The Hall–Kier alpha value is -0.890. The topological polar surface area (TPSA) is 51.2 Å². The number of aromatic nitrogens is 1. The van der Waals surface area contributed by atoms with Crippen LogP contribution in [0.2, 0.25) is 0 Å².